The van der Waals surface area contributed by atoms with Crippen LogP contribution in [0.1, 0.15) is 61.5 Å². The van der Waals surface area contributed by atoms with Crippen LogP contribution in [-0.2, 0) is 11.3 Å². The lowest BCUT2D eigenvalue weighted by Crippen LogP contribution is -2.09. The van der Waals surface area contributed by atoms with Crippen molar-refractivity contribution in [3.63, 3.8) is 0 Å². The molecule has 0 bridgehead atoms. The number of nitrogens with zero attached hydrogens (tertiary/aromatic N) is 1. The van der Waals surface area contributed by atoms with Crippen LogP contribution in [0.3, 0.4) is 0 Å². The highest BCUT2D eigenvalue weighted by molar-refractivity contribution is 5.87. The molecule has 4 heteroatoms. The van der Waals surface area contributed by atoms with Crippen LogP contribution in [0.15, 0.2) is 18.3 Å². The fourth-order valence-electron chi connectivity index (χ4n) is 1.79. The topological polar surface area (TPSA) is 65.2 Å². The molecule has 1 rings (SSSR count). The van der Waals surface area contributed by atoms with Crippen LogP contribution in [0.5, 0.6) is 0 Å². The van der Waals surface area contributed by atoms with Gasteiger partial charge in [0.2, 0.25) is 0 Å². The molecule has 1 heterocycles. The van der Waals surface area contributed by atoms with Gasteiger partial charge in [0.05, 0.1) is 6.61 Å². The van der Waals surface area contributed by atoms with Gasteiger partial charge < -0.3 is 10.5 Å². The summed E-state index contributed by atoms with van der Waals surface area (Å²) in [5.41, 5.74) is 6.73. The van der Waals surface area contributed by atoms with Gasteiger partial charge in [-0.15, -0.1) is 0 Å². The van der Waals surface area contributed by atoms with Gasteiger partial charge in [0.15, 0.2) is 0 Å². The molecule has 0 aliphatic heterocycles. The van der Waals surface area contributed by atoms with Crippen molar-refractivity contribution < 1.29 is 9.53 Å². The Kier molecular flexibility index (Phi) is 7.82. The van der Waals surface area contributed by atoms with Crippen molar-refractivity contribution in [2.45, 2.75) is 52.0 Å². The molecule has 0 spiro atoms. The molecule has 0 saturated heterocycles. The van der Waals surface area contributed by atoms with Crippen molar-refractivity contribution in [3.05, 3.63) is 29.6 Å². The van der Waals surface area contributed by atoms with Crippen molar-refractivity contribution in [2.75, 3.05) is 6.61 Å². The second kappa shape index (κ2) is 9.50. The van der Waals surface area contributed by atoms with Crippen molar-refractivity contribution in [2.24, 2.45) is 5.73 Å². The van der Waals surface area contributed by atoms with E-state index in [0.29, 0.717) is 18.8 Å². The molecular formula is C15H24N2O2. The predicted octanol–water partition coefficient (Wildman–Crippen LogP) is 3.06. The summed E-state index contributed by atoms with van der Waals surface area (Å²) in [5.74, 6) is -0.350. The molecule has 0 aliphatic rings. The van der Waals surface area contributed by atoms with E-state index in [4.69, 9.17) is 10.5 Å². The van der Waals surface area contributed by atoms with Gasteiger partial charge in [-0.1, -0.05) is 45.1 Å². The largest absolute Gasteiger partial charge is 0.461 e. The number of esters is 1. The SMILES string of the molecule is CCCCCCCCOC(=O)c1ccc(CN)cn1. The van der Waals surface area contributed by atoms with Gasteiger partial charge in [0, 0.05) is 12.7 Å². The summed E-state index contributed by atoms with van der Waals surface area (Å²) < 4.78 is 5.18. The maximum Gasteiger partial charge on any atom is 0.356 e. The molecule has 0 amide bonds. The smallest absolute Gasteiger partial charge is 0.356 e. The number of aromatic nitrogens is 1. The highest BCUT2D eigenvalue weighted by Crippen LogP contribution is 2.06. The van der Waals surface area contributed by atoms with Gasteiger partial charge in [-0.05, 0) is 18.1 Å². The average Bonchev–Trinajstić information content (AvgIpc) is 2.46. The zero-order chi connectivity index (χ0) is 13.9. The minimum atomic E-state index is -0.350. The standard InChI is InChI=1S/C15H24N2O2/c1-2-3-4-5-6-7-10-19-15(18)14-9-8-13(11-16)12-17-14/h8-9,12H,2-7,10-11,16H2,1H3. The minimum Gasteiger partial charge on any atom is -0.461 e. The summed E-state index contributed by atoms with van der Waals surface area (Å²) in [7, 11) is 0. The molecule has 19 heavy (non-hydrogen) atoms. The number of carbonyl (C=O) groups is 1. The lowest BCUT2D eigenvalue weighted by Gasteiger charge is -2.04. The summed E-state index contributed by atoms with van der Waals surface area (Å²) in [5, 5.41) is 0. The monoisotopic (exact) mass is 264 g/mol. The van der Waals surface area contributed by atoms with Gasteiger partial charge in [-0.2, -0.15) is 0 Å². The third-order valence-corrected chi connectivity index (χ3v) is 3.00. The van der Waals surface area contributed by atoms with Gasteiger partial charge in [0.1, 0.15) is 5.69 Å². The molecule has 0 aliphatic carbocycles. The number of rotatable bonds is 9. The second-order valence-corrected chi connectivity index (χ2v) is 4.66. The lowest BCUT2D eigenvalue weighted by molar-refractivity contribution is 0.0491. The Balaban J connectivity index is 2.16. The van der Waals surface area contributed by atoms with Gasteiger partial charge in [-0.25, -0.2) is 9.78 Å². The van der Waals surface area contributed by atoms with E-state index in [1.165, 1.54) is 25.7 Å². The van der Waals surface area contributed by atoms with E-state index in [-0.39, 0.29) is 5.97 Å². The Morgan fingerprint density at radius 2 is 1.95 bits per heavy atom. The third kappa shape index (κ3) is 6.34. The van der Waals surface area contributed by atoms with Crippen LogP contribution in [-0.4, -0.2) is 17.6 Å². The second-order valence-electron chi connectivity index (χ2n) is 4.66. The molecule has 0 saturated carbocycles. The minimum absolute atomic E-state index is 0.350. The molecule has 0 aromatic carbocycles. The fraction of sp³-hybridized carbons (Fsp3) is 0.600. The number of ether oxygens (including phenoxy) is 1. The Bertz CT molecular complexity index is 363. The van der Waals surface area contributed by atoms with E-state index in [9.17, 15) is 4.79 Å². The van der Waals surface area contributed by atoms with Crippen LogP contribution >= 0.6 is 0 Å². The molecule has 0 fully saturated rings. The number of hydrogen-bond donors (Lipinski definition) is 1. The first-order chi connectivity index (χ1) is 9.27. The first-order valence-corrected chi connectivity index (χ1v) is 7.10. The van der Waals surface area contributed by atoms with Crippen LogP contribution in [0.4, 0.5) is 0 Å². The fourth-order valence-corrected chi connectivity index (χ4v) is 1.79. The molecular weight excluding hydrogens is 240 g/mol. The maximum atomic E-state index is 11.7. The van der Waals surface area contributed by atoms with E-state index in [2.05, 4.69) is 11.9 Å². The van der Waals surface area contributed by atoms with Crippen LogP contribution in [0.25, 0.3) is 0 Å². The average molecular weight is 264 g/mol. The van der Waals surface area contributed by atoms with Crippen LogP contribution < -0.4 is 5.73 Å². The Morgan fingerprint density at radius 3 is 2.58 bits per heavy atom. The summed E-state index contributed by atoms with van der Waals surface area (Å²) in [4.78, 5) is 15.7. The number of hydrogen-bond acceptors (Lipinski definition) is 4. The summed E-state index contributed by atoms with van der Waals surface area (Å²) >= 11 is 0. The molecule has 0 radical (unpaired) electrons. The molecule has 0 atom stereocenters. The van der Waals surface area contributed by atoms with E-state index in [0.717, 1.165) is 18.4 Å². The first kappa shape index (κ1) is 15.6. The normalized spacial score (nSPS) is 10.4. The van der Waals surface area contributed by atoms with Crippen molar-refractivity contribution in [1.29, 1.82) is 0 Å². The highest BCUT2D eigenvalue weighted by atomic mass is 16.5. The third-order valence-electron chi connectivity index (χ3n) is 3.00. The molecule has 1 aromatic rings. The van der Waals surface area contributed by atoms with Gasteiger partial charge >= 0.3 is 5.97 Å². The van der Waals surface area contributed by atoms with Crippen LogP contribution in [0.2, 0.25) is 0 Å². The lowest BCUT2D eigenvalue weighted by atomic mass is 10.1. The van der Waals surface area contributed by atoms with Crippen molar-refractivity contribution in [3.8, 4) is 0 Å². The summed E-state index contributed by atoms with van der Waals surface area (Å²) in [6.45, 7) is 3.11. The van der Waals surface area contributed by atoms with Crippen LogP contribution in [0, 0.1) is 0 Å². The number of unbranched alkanes of at least 4 members (excludes halogenated alkanes) is 5. The van der Waals surface area contributed by atoms with Gasteiger partial charge in [-0.3, -0.25) is 0 Å². The Labute approximate surface area is 115 Å². The molecule has 4 nitrogen and oxygen atoms in total. The van der Waals surface area contributed by atoms with E-state index in [1.807, 2.05) is 0 Å². The number of pyridine rings is 1. The Hall–Kier alpha value is -1.42. The highest BCUT2D eigenvalue weighted by Gasteiger charge is 2.07. The zero-order valence-corrected chi connectivity index (χ0v) is 11.7. The number of carbonyl (C=O) groups excluding carboxylic acids is 1. The molecule has 1 aromatic heterocycles. The number of nitrogens with two attached hydrogens (primary N) is 1. The first-order valence-electron chi connectivity index (χ1n) is 7.10. The van der Waals surface area contributed by atoms with Crippen molar-refractivity contribution in [1.82, 2.24) is 4.98 Å². The quantitative estimate of drug-likeness (QED) is 0.550. The maximum absolute atomic E-state index is 11.7. The zero-order valence-electron chi connectivity index (χ0n) is 11.7. The molecule has 106 valence electrons. The molecule has 2 N–H and O–H groups in total. The van der Waals surface area contributed by atoms with E-state index >= 15 is 0 Å². The molecule has 0 unspecified atom stereocenters. The van der Waals surface area contributed by atoms with Crippen molar-refractivity contribution >= 4 is 5.97 Å². The summed E-state index contributed by atoms with van der Waals surface area (Å²) in [6, 6.07) is 3.46. The van der Waals surface area contributed by atoms with E-state index in [1.54, 1.807) is 18.3 Å². The predicted molar refractivity (Wildman–Crippen MR) is 75.8 cm³/mol. The Morgan fingerprint density at radius 1 is 1.21 bits per heavy atom. The van der Waals surface area contributed by atoms with E-state index < -0.39 is 0 Å². The summed E-state index contributed by atoms with van der Waals surface area (Å²) in [6.07, 6.45) is 8.68. The van der Waals surface area contributed by atoms with Gasteiger partial charge in [0.25, 0.3) is 0 Å².